The number of rotatable bonds is 4. The lowest BCUT2D eigenvalue weighted by Gasteiger charge is -2.32. The van der Waals surface area contributed by atoms with Crippen molar-refractivity contribution in [1.29, 1.82) is 0 Å². The molecule has 4 nitrogen and oxygen atoms in total. The van der Waals surface area contributed by atoms with Gasteiger partial charge in [-0.1, -0.05) is 26.2 Å². The maximum absolute atomic E-state index is 12.1. The number of carbonyl (C=O) groups excluding carboxylic acids is 1. The number of hydrogen-bond donors (Lipinski definition) is 0. The SMILES string of the molecule is CCS(=O)(=O)[C@@H](C)C(=O)N(C)C1CCCCC1. The van der Waals surface area contributed by atoms with Gasteiger partial charge in [-0.15, -0.1) is 0 Å². The highest BCUT2D eigenvalue weighted by atomic mass is 32.2. The highest BCUT2D eigenvalue weighted by Gasteiger charge is 2.32. The maximum Gasteiger partial charge on any atom is 0.240 e. The predicted octanol–water partition coefficient (Wildman–Crippen LogP) is 1.60. The lowest BCUT2D eigenvalue weighted by atomic mass is 9.94. The maximum atomic E-state index is 12.1. The fourth-order valence-electron chi connectivity index (χ4n) is 2.34. The molecule has 0 aromatic rings. The molecule has 1 aliphatic carbocycles. The van der Waals surface area contributed by atoms with E-state index in [1.165, 1.54) is 13.3 Å². The lowest BCUT2D eigenvalue weighted by Crippen LogP contribution is -2.45. The molecule has 100 valence electrons. The van der Waals surface area contributed by atoms with Gasteiger partial charge in [0.1, 0.15) is 5.25 Å². The van der Waals surface area contributed by atoms with Crippen LogP contribution in [0.4, 0.5) is 0 Å². The molecular formula is C12H23NO3S. The van der Waals surface area contributed by atoms with E-state index in [-0.39, 0.29) is 17.7 Å². The number of carbonyl (C=O) groups is 1. The fraction of sp³-hybridized carbons (Fsp3) is 0.917. The number of hydrogen-bond acceptors (Lipinski definition) is 3. The van der Waals surface area contributed by atoms with Crippen LogP contribution < -0.4 is 0 Å². The molecule has 0 spiro atoms. The van der Waals surface area contributed by atoms with E-state index in [4.69, 9.17) is 0 Å². The molecule has 0 radical (unpaired) electrons. The van der Waals surface area contributed by atoms with Crippen LogP contribution in [-0.2, 0) is 14.6 Å². The van der Waals surface area contributed by atoms with Crippen molar-refractivity contribution in [2.45, 2.75) is 57.2 Å². The molecule has 0 bridgehead atoms. The summed E-state index contributed by atoms with van der Waals surface area (Å²) in [4.78, 5) is 13.7. The van der Waals surface area contributed by atoms with E-state index in [1.807, 2.05) is 0 Å². The third-order valence-corrected chi connectivity index (χ3v) is 5.84. The molecule has 1 rings (SSSR count). The second-order valence-corrected chi connectivity index (χ2v) is 7.44. The Morgan fingerprint density at radius 3 is 2.29 bits per heavy atom. The smallest absolute Gasteiger partial charge is 0.240 e. The molecular weight excluding hydrogens is 238 g/mol. The van der Waals surface area contributed by atoms with Gasteiger partial charge in [-0.25, -0.2) is 8.42 Å². The number of amides is 1. The highest BCUT2D eigenvalue weighted by molar-refractivity contribution is 7.92. The van der Waals surface area contributed by atoms with Crippen molar-refractivity contribution < 1.29 is 13.2 Å². The van der Waals surface area contributed by atoms with E-state index >= 15 is 0 Å². The highest BCUT2D eigenvalue weighted by Crippen LogP contribution is 2.22. The van der Waals surface area contributed by atoms with Crippen molar-refractivity contribution in [2.24, 2.45) is 0 Å². The molecule has 5 heteroatoms. The van der Waals surface area contributed by atoms with Crippen LogP contribution in [0.2, 0.25) is 0 Å². The average molecular weight is 261 g/mol. The van der Waals surface area contributed by atoms with E-state index in [2.05, 4.69) is 0 Å². The van der Waals surface area contributed by atoms with Gasteiger partial charge in [-0.2, -0.15) is 0 Å². The third-order valence-electron chi connectivity index (χ3n) is 3.76. The zero-order valence-corrected chi connectivity index (χ0v) is 11.8. The Kier molecular flexibility index (Phi) is 4.98. The summed E-state index contributed by atoms with van der Waals surface area (Å²) in [5.41, 5.74) is 0. The van der Waals surface area contributed by atoms with Crippen LogP contribution in [0.15, 0.2) is 0 Å². The normalized spacial score (nSPS) is 19.9. The third kappa shape index (κ3) is 3.44. The van der Waals surface area contributed by atoms with Crippen molar-refractivity contribution in [3.63, 3.8) is 0 Å². The molecule has 1 amide bonds. The molecule has 0 aromatic carbocycles. The molecule has 1 fully saturated rings. The van der Waals surface area contributed by atoms with E-state index in [0.717, 1.165) is 25.7 Å². The van der Waals surface area contributed by atoms with Crippen LogP contribution in [0, 0.1) is 0 Å². The topological polar surface area (TPSA) is 54.5 Å². The lowest BCUT2D eigenvalue weighted by molar-refractivity contribution is -0.131. The van der Waals surface area contributed by atoms with Gasteiger partial charge in [0.05, 0.1) is 0 Å². The number of nitrogens with zero attached hydrogens (tertiary/aromatic N) is 1. The van der Waals surface area contributed by atoms with E-state index < -0.39 is 15.1 Å². The zero-order chi connectivity index (χ0) is 13.1. The standard InChI is InChI=1S/C12H23NO3S/c1-4-17(15,16)10(2)12(14)13(3)11-8-6-5-7-9-11/h10-11H,4-9H2,1-3H3/t10-/m0/s1. The first-order valence-electron chi connectivity index (χ1n) is 6.38. The van der Waals surface area contributed by atoms with Crippen LogP contribution >= 0.6 is 0 Å². The van der Waals surface area contributed by atoms with Crippen molar-refractivity contribution in [2.75, 3.05) is 12.8 Å². The molecule has 0 heterocycles. The van der Waals surface area contributed by atoms with Gasteiger partial charge < -0.3 is 4.90 Å². The largest absolute Gasteiger partial charge is 0.342 e. The van der Waals surface area contributed by atoms with Crippen LogP contribution in [0.1, 0.15) is 46.0 Å². The first kappa shape index (κ1) is 14.5. The summed E-state index contributed by atoms with van der Waals surface area (Å²) >= 11 is 0. The Morgan fingerprint density at radius 2 is 1.82 bits per heavy atom. The van der Waals surface area contributed by atoms with Crippen LogP contribution in [0.3, 0.4) is 0 Å². The molecule has 0 saturated heterocycles. The molecule has 0 unspecified atom stereocenters. The minimum absolute atomic E-state index is 0.0262. The second kappa shape index (κ2) is 5.85. The Morgan fingerprint density at radius 1 is 1.29 bits per heavy atom. The monoisotopic (exact) mass is 261 g/mol. The quantitative estimate of drug-likeness (QED) is 0.772. The average Bonchev–Trinajstić information content (AvgIpc) is 2.37. The van der Waals surface area contributed by atoms with Gasteiger partial charge in [0.2, 0.25) is 5.91 Å². The molecule has 1 atom stereocenters. The van der Waals surface area contributed by atoms with Crippen LogP contribution in [0.25, 0.3) is 0 Å². The van der Waals surface area contributed by atoms with Crippen LogP contribution in [-0.4, -0.2) is 43.3 Å². The first-order valence-corrected chi connectivity index (χ1v) is 8.10. The van der Waals surface area contributed by atoms with Gasteiger partial charge in [0, 0.05) is 18.8 Å². The van der Waals surface area contributed by atoms with Gasteiger partial charge >= 0.3 is 0 Å². The fourth-order valence-corrected chi connectivity index (χ4v) is 3.31. The Bertz CT molecular complexity index is 358. The summed E-state index contributed by atoms with van der Waals surface area (Å²) in [5, 5.41) is -0.903. The van der Waals surface area contributed by atoms with Crippen molar-refractivity contribution in [3.05, 3.63) is 0 Å². The molecule has 17 heavy (non-hydrogen) atoms. The summed E-state index contributed by atoms with van der Waals surface area (Å²) in [7, 11) is -1.54. The van der Waals surface area contributed by atoms with Crippen molar-refractivity contribution in [1.82, 2.24) is 4.90 Å². The zero-order valence-electron chi connectivity index (χ0n) is 11.0. The van der Waals surface area contributed by atoms with Crippen LogP contribution in [0.5, 0.6) is 0 Å². The number of sulfone groups is 1. The summed E-state index contributed by atoms with van der Waals surface area (Å²) in [6.07, 6.45) is 5.50. The van der Waals surface area contributed by atoms with Gasteiger partial charge in [-0.3, -0.25) is 4.79 Å². The van der Waals surface area contributed by atoms with Crippen molar-refractivity contribution in [3.8, 4) is 0 Å². The Hall–Kier alpha value is -0.580. The summed E-state index contributed by atoms with van der Waals surface area (Å²) in [6, 6.07) is 0.228. The van der Waals surface area contributed by atoms with Gasteiger partial charge in [0.25, 0.3) is 0 Å². The van der Waals surface area contributed by atoms with E-state index in [9.17, 15) is 13.2 Å². The molecule has 0 aliphatic heterocycles. The summed E-state index contributed by atoms with van der Waals surface area (Å²) in [5.74, 6) is -0.225. The Labute approximate surface area is 104 Å². The van der Waals surface area contributed by atoms with E-state index in [0.29, 0.717) is 0 Å². The van der Waals surface area contributed by atoms with E-state index in [1.54, 1.807) is 18.9 Å². The summed E-state index contributed by atoms with van der Waals surface area (Å²) in [6.45, 7) is 3.08. The molecule has 0 aromatic heterocycles. The van der Waals surface area contributed by atoms with Gasteiger partial charge in [-0.05, 0) is 19.8 Å². The second-order valence-electron chi connectivity index (χ2n) is 4.83. The predicted molar refractivity (Wildman–Crippen MR) is 68.6 cm³/mol. The molecule has 0 N–H and O–H groups in total. The molecule has 1 aliphatic rings. The Balaban J connectivity index is 2.68. The molecule has 1 saturated carbocycles. The van der Waals surface area contributed by atoms with Crippen molar-refractivity contribution >= 4 is 15.7 Å². The van der Waals surface area contributed by atoms with Gasteiger partial charge in [0.15, 0.2) is 9.84 Å². The summed E-state index contributed by atoms with van der Waals surface area (Å²) < 4.78 is 23.4. The first-order chi connectivity index (χ1) is 7.90. The minimum Gasteiger partial charge on any atom is -0.342 e. The minimum atomic E-state index is -3.27.